The Bertz CT molecular complexity index is 1320. The molecule has 0 radical (unpaired) electrons. The van der Waals surface area contributed by atoms with Crippen LogP contribution in [0.1, 0.15) is 31.0 Å². The van der Waals surface area contributed by atoms with Gasteiger partial charge in [0.1, 0.15) is 5.75 Å². The summed E-state index contributed by atoms with van der Waals surface area (Å²) in [5, 5.41) is 3.43. The molecule has 1 atom stereocenters. The largest absolute Gasteiger partial charge is 0.494 e. The predicted octanol–water partition coefficient (Wildman–Crippen LogP) is 5.42. The van der Waals surface area contributed by atoms with E-state index in [4.69, 9.17) is 14.5 Å². The maximum absolute atomic E-state index is 13.4. The van der Waals surface area contributed by atoms with Crippen LogP contribution in [-0.2, 0) is 9.53 Å². The van der Waals surface area contributed by atoms with Crippen LogP contribution in [0.5, 0.6) is 5.75 Å². The van der Waals surface area contributed by atoms with E-state index in [2.05, 4.69) is 9.88 Å². The van der Waals surface area contributed by atoms with Gasteiger partial charge in [0, 0.05) is 0 Å². The molecule has 6 heteroatoms. The zero-order valence-corrected chi connectivity index (χ0v) is 18.6. The Balaban J connectivity index is 1.78. The lowest BCUT2D eigenvalue weighted by Crippen LogP contribution is -2.29. The lowest BCUT2D eigenvalue weighted by atomic mass is 9.92. The Hall–Kier alpha value is -4.06. The molecule has 5 rings (SSSR count). The summed E-state index contributed by atoms with van der Waals surface area (Å²) < 4.78 is 13.3. The number of hydrogen-bond acceptors (Lipinski definition) is 5. The monoisotopic (exact) mass is 439 g/mol. The van der Waals surface area contributed by atoms with Crippen molar-refractivity contribution in [3.05, 3.63) is 95.6 Å². The molecular weight excluding hydrogens is 414 g/mol. The van der Waals surface area contributed by atoms with Crippen molar-refractivity contribution in [2.45, 2.75) is 19.9 Å². The summed E-state index contributed by atoms with van der Waals surface area (Å²) in [6.07, 6.45) is 0. The number of hydrogen-bond donors (Lipinski definition) is 1. The molecule has 0 saturated heterocycles. The minimum absolute atomic E-state index is 0.290. The van der Waals surface area contributed by atoms with Gasteiger partial charge in [0.15, 0.2) is 0 Å². The van der Waals surface area contributed by atoms with Crippen molar-refractivity contribution in [3.8, 4) is 5.75 Å². The summed E-state index contributed by atoms with van der Waals surface area (Å²) in [7, 11) is 0. The van der Waals surface area contributed by atoms with Gasteiger partial charge in [0.05, 0.1) is 41.6 Å². The highest BCUT2D eigenvalue weighted by molar-refractivity contribution is 6.03. The number of anilines is 1. The second-order valence-corrected chi connectivity index (χ2v) is 7.70. The zero-order valence-electron chi connectivity index (χ0n) is 18.6. The van der Waals surface area contributed by atoms with Gasteiger partial charge < -0.3 is 14.8 Å². The lowest BCUT2D eigenvalue weighted by Gasteiger charge is -2.31. The van der Waals surface area contributed by atoms with E-state index in [1.165, 1.54) is 0 Å². The minimum Gasteiger partial charge on any atom is -0.494 e. The van der Waals surface area contributed by atoms with E-state index in [9.17, 15) is 4.79 Å². The normalized spacial score (nSPS) is 15.2. The number of esters is 1. The standard InChI is InChI=1S/C27H25N3O3/c1-3-32-20-16-14-19(15-17-20)25-23(26(31)33-4-2)24(18-10-6-5-7-11-18)29-27-28-21-12-8-9-13-22(21)30(25)27/h5-17,25H,3-4H2,1-2H3,(H,28,29)/t25-/m1/s1. The third kappa shape index (κ3) is 3.74. The van der Waals surface area contributed by atoms with E-state index in [0.717, 1.165) is 27.9 Å². The molecule has 0 unspecified atom stereocenters. The number of carbonyl (C=O) groups excluding carboxylic acids is 1. The molecule has 0 bridgehead atoms. The fourth-order valence-corrected chi connectivity index (χ4v) is 4.32. The van der Waals surface area contributed by atoms with Crippen LogP contribution < -0.4 is 10.1 Å². The molecule has 0 saturated carbocycles. The summed E-state index contributed by atoms with van der Waals surface area (Å²) in [4.78, 5) is 18.3. The average molecular weight is 440 g/mol. The van der Waals surface area contributed by atoms with Crippen LogP contribution in [0.3, 0.4) is 0 Å². The average Bonchev–Trinajstić information content (AvgIpc) is 3.23. The van der Waals surface area contributed by atoms with Gasteiger partial charge in [-0.25, -0.2) is 9.78 Å². The van der Waals surface area contributed by atoms with Gasteiger partial charge in [-0.15, -0.1) is 0 Å². The molecule has 2 heterocycles. The van der Waals surface area contributed by atoms with Gasteiger partial charge >= 0.3 is 5.97 Å². The third-order valence-electron chi connectivity index (χ3n) is 5.70. The number of imidazole rings is 1. The summed E-state index contributed by atoms with van der Waals surface area (Å²) in [6.45, 7) is 4.66. The number of nitrogens with zero attached hydrogens (tertiary/aromatic N) is 2. The van der Waals surface area contributed by atoms with Crippen LogP contribution in [0, 0.1) is 0 Å². The third-order valence-corrected chi connectivity index (χ3v) is 5.70. The molecule has 0 fully saturated rings. The van der Waals surface area contributed by atoms with Crippen LogP contribution in [0.15, 0.2) is 84.4 Å². The smallest absolute Gasteiger partial charge is 0.338 e. The number of benzene rings is 3. The fourth-order valence-electron chi connectivity index (χ4n) is 4.32. The lowest BCUT2D eigenvalue weighted by molar-refractivity contribution is -0.138. The summed E-state index contributed by atoms with van der Waals surface area (Å²) in [5.41, 5.74) is 4.88. The molecule has 1 N–H and O–H groups in total. The van der Waals surface area contributed by atoms with Gasteiger partial charge in [-0.05, 0) is 49.2 Å². The van der Waals surface area contributed by atoms with Gasteiger partial charge in [-0.2, -0.15) is 0 Å². The quantitative estimate of drug-likeness (QED) is 0.406. The van der Waals surface area contributed by atoms with Gasteiger partial charge in [0.25, 0.3) is 0 Å². The van der Waals surface area contributed by atoms with E-state index < -0.39 is 6.04 Å². The molecule has 166 valence electrons. The Morgan fingerprint density at radius 2 is 1.67 bits per heavy atom. The first-order chi connectivity index (χ1) is 16.2. The molecule has 1 aliphatic rings. The number of carbonyl (C=O) groups is 1. The number of para-hydroxylation sites is 2. The summed E-state index contributed by atoms with van der Waals surface area (Å²) in [5.74, 6) is 1.11. The first kappa shape index (κ1) is 20.8. The molecular formula is C27H25N3O3. The molecule has 0 amide bonds. The second kappa shape index (κ2) is 8.82. The Morgan fingerprint density at radius 1 is 0.939 bits per heavy atom. The van der Waals surface area contributed by atoms with Crippen molar-refractivity contribution in [1.29, 1.82) is 0 Å². The maximum Gasteiger partial charge on any atom is 0.338 e. The zero-order chi connectivity index (χ0) is 22.8. The van der Waals surface area contributed by atoms with Crippen molar-refractivity contribution < 1.29 is 14.3 Å². The second-order valence-electron chi connectivity index (χ2n) is 7.70. The van der Waals surface area contributed by atoms with Crippen molar-refractivity contribution in [1.82, 2.24) is 9.55 Å². The number of nitrogens with one attached hydrogen (secondary N) is 1. The van der Waals surface area contributed by atoms with Crippen molar-refractivity contribution in [3.63, 3.8) is 0 Å². The molecule has 1 aromatic heterocycles. The summed E-state index contributed by atoms with van der Waals surface area (Å²) >= 11 is 0. The number of ether oxygens (including phenoxy) is 2. The highest BCUT2D eigenvalue weighted by atomic mass is 16.5. The first-order valence-electron chi connectivity index (χ1n) is 11.1. The van der Waals surface area contributed by atoms with Crippen molar-refractivity contribution >= 4 is 28.6 Å². The van der Waals surface area contributed by atoms with E-state index >= 15 is 0 Å². The Morgan fingerprint density at radius 3 is 2.39 bits per heavy atom. The molecule has 3 aromatic carbocycles. The van der Waals surface area contributed by atoms with Crippen LogP contribution in [0.4, 0.5) is 5.95 Å². The topological polar surface area (TPSA) is 65.4 Å². The van der Waals surface area contributed by atoms with Crippen LogP contribution in [0.2, 0.25) is 0 Å². The maximum atomic E-state index is 13.4. The number of rotatable bonds is 6. The van der Waals surface area contributed by atoms with Crippen LogP contribution in [-0.4, -0.2) is 28.7 Å². The van der Waals surface area contributed by atoms with E-state index in [1.54, 1.807) is 0 Å². The Labute approximate surface area is 192 Å². The highest BCUT2D eigenvalue weighted by Gasteiger charge is 2.36. The molecule has 1 aliphatic heterocycles. The van der Waals surface area contributed by atoms with Crippen LogP contribution in [0.25, 0.3) is 16.7 Å². The molecule has 4 aromatic rings. The van der Waals surface area contributed by atoms with E-state index in [1.807, 2.05) is 92.7 Å². The fraction of sp³-hybridized carbons (Fsp3) is 0.185. The van der Waals surface area contributed by atoms with Crippen LogP contribution >= 0.6 is 0 Å². The number of aromatic nitrogens is 2. The summed E-state index contributed by atoms with van der Waals surface area (Å²) in [6, 6.07) is 25.2. The van der Waals surface area contributed by atoms with Crippen molar-refractivity contribution in [2.75, 3.05) is 18.5 Å². The highest BCUT2D eigenvalue weighted by Crippen LogP contribution is 2.42. The molecule has 0 aliphatic carbocycles. The van der Waals surface area contributed by atoms with E-state index in [0.29, 0.717) is 23.8 Å². The van der Waals surface area contributed by atoms with Gasteiger partial charge in [-0.3, -0.25) is 4.57 Å². The molecule has 6 nitrogen and oxygen atoms in total. The molecule has 0 spiro atoms. The minimum atomic E-state index is -0.418. The number of fused-ring (bicyclic) bond motifs is 3. The Kier molecular flexibility index (Phi) is 5.57. The van der Waals surface area contributed by atoms with Gasteiger partial charge in [0.2, 0.25) is 5.95 Å². The SMILES string of the molecule is CCOC(=O)C1=C(c2ccccc2)Nc2nc3ccccc3n2[C@@H]1c1ccc(OCC)cc1. The predicted molar refractivity (Wildman–Crippen MR) is 129 cm³/mol. The van der Waals surface area contributed by atoms with Gasteiger partial charge in [-0.1, -0.05) is 54.6 Å². The van der Waals surface area contributed by atoms with E-state index in [-0.39, 0.29) is 12.6 Å². The molecule has 33 heavy (non-hydrogen) atoms. The first-order valence-corrected chi connectivity index (χ1v) is 11.1. The van der Waals surface area contributed by atoms with Crippen molar-refractivity contribution in [2.24, 2.45) is 0 Å².